The Morgan fingerprint density at radius 2 is 0.655 bits per heavy atom. The maximum absolute atomic E-state index is 10.3. The molecule has 7 nitrogen and oxygen atoms in total. The molecule has 0 aliphatic carbocycles. The monoisotopic (exact) mass is 1070 g/mol. The molecule has 0 bridgehead atoms. The molecule has 18 aromatic rings. The van der Waals surface area contributed by atoms with Crippen LogP contribution in [0, 0.1) is 11.3 Å². The number of nitriles is 1. The number of nitrogens with zero attached hydrogens (tertiary/aromatic N) is 7. The number of hydrogen-bond donors (Lipinski definition) is 0. The summed E-state index contributed by atoms with van der Waals surface area (Å²) >= 11 is 0. The van der Waals surface area contributed by atoms with Gasteiger partial charge < -0.3 is 18.3 Å². The highest BCUT2D eigenvalue weighted by Crippen LogP contribution is 2.43. The van der Waals surface area contributed by atoms with E-state index in [0.717, 1.165) is 138 Å². The second-order valence-electron chi connectivity index (χ2n) is 22.0. The summed E-state index contributed by atoms with van der Waals surface area (Å²) in [5.41, 5.74) is 17.2. The molecule has 0 aliphatic heterocycles. The fraction of sp³-hybridized carbons (Fsp3) is 0. The molecule has 0 aliphatic rings. The van der Waals surface area contributed by atoms with Crippen molar-refractivity contribution in [3.63, 3.8) is 0 Å². The number of rotatable bonds is 6. The van der Waals surface area contributed by atoms with E-state index in [9.17, 15) is 5.26 Å². The van der Waals surface area contributed by atoms with Crippen LogP contribution in [-0.2, 0) is 0 Å². The van der Waals surface area contributed by atoms with Crippen molar-refractivity contribution in [3.05, 3.63) is 279 Å². The molecule has 5 aromatic heterocycles. The summed E-state index contributed by atoms with van der Waals surface area (Å²) in [6.45, 7) is 0. The average molecular weight is 1070 g/mol. The molecule has 0 spiro atoms. The van der Waals surface area contributed by atoms with Crippen molar-refractivity contribution in [3.8, 4) is 51.5 Å². The van der Waals surface area contributed by atoms with Gasteiger partial charge in [-0.1, -0.05) is 176 Å². The Bertz CT molecular complexity index is 5550. The van der Waals surface area contributed by atoms with Crippen LogP contribution in [0.4, 0.5) is 0 Å². The van der Waals surface area contributed by atoms with Gasteiger partial charge in [-0.05, 0) is 108 Å². The Hall–Kier alpha value is -11.6. The van der Waals surface area contributed by atoms with E-state index >= 15 is 0 Å². The van der Waals surface area contributed by atoms with E-state index in [1.165, 1.54) is 21.5 Å². The predicted octanol–water partition coefficient (Wildman–Crippen LogP) is 19.5. The Morgan fingerprint density at radius 1 is 0.274 bits per heavy atom. The van der Waals surface area contributed by atoms with E-state index in [2.05, 4.69) is 267 Å². The molecular formula is C77H45N7. The van der Waals surface area contributed by atoms with Gasteiger partial charge in [0.25, 0.3) is 0 Å². The largest absolute Gasteiger partial charge is 0.309 e. The molecule has 13 aromatic carbocycles. The predicted molar refractivity (Wildman–Crippen MR) is 347 cm³/mol. The first kappa shape index (κ1) is 46.2. The third-order valence-corrected chi connectivity index (χ3v) is 17.6. The summed E-state index contributed by atoms with van der Waals surface area (Å²) in [5, 5.41) is 24.7. The fourth-order valence-electron chi connectivity index (χ4n) is 13.9. The van der Waals surface area contributed by atoms with Gasteiger partial charge in [0.05, 0.1) is 67.0 Å². The van der Waals surface area contributed by atoms with E-state index in [1.54, 1.807) is 0 Å². The lowest BCUT2D eigenvalue weighted by Crippen LogP contribution is -2.03. The SMILES string of the molecule is N#Cc1ccc(-c2nc(-c3cc(-n4c5ccccc5c5ccc(-n6c7ccccc7c7ccccc76)cc54)cc(-n4c5ccccc5c5ccc(-n6c7ccccc7c7ccccc76)cc54)c3)c3ccc4ccccc4c3n2)c2ccccc12. The molecule has 0 atom stereocenters. The zero-order valence-electron chi connectivity index (χ0n) is 45.1. The van der Waals surface area contributed by atoms with Crippen LogP contribution in [0.1, 0.15) is 5.56 Å². The number of benzene rings is 13. The minimum Gasteiger partial charge on any atom is -0.309 e. The summed E-state index contributed by atoms with van der Waals surface area (Å²) in [6.07, 6.45) is 0. The Morgan fingerprint density at radius 3 is 1.12 bits per heavy atom. The third kappa shape index (κ3) is 6.62. The number of para-hydroxylation sites is 6. The molecule has 0 radical (unpaired) electrons. The van der Waals surface area contributed by atoms with Gasteiger partial charge in [0, 0.05) is 93.1 Å². The van der Waals surface area contributed by atoms with Crippen LogP contribution in [0.25, 0.3) is 165 Å². The van der Waals surface area contributed by atoms with Gasteiger partial charge in [-0.3, -0.25) is 0 Å². The molecule has 7 heteroatoms. The van der Waals surface area contributed by atoms with Gasteiger partial charge in [0.1, 0.15) is 0 Å². The van der Waals surface area contributed by atoms with Gasteiger partial charge in [0.2, 0.25) is 0 Å². The summed E-state index contributed by atoms with van der Waals surface area (Å²) in [7, 11) is 0. The molecule has 0 saturated carbocycles. The lowest BCUT2D eigenvalue weighted by Gasteiger charge is -2.18. The molecule has 0 saturated heterocycles. The van der Waals surface area contributed by atoms with E-state index in [0.29, 0.717) is 11.4 Å². The average Bonchev–Trinajstić information content (AvgIpc) is 1.95. The number of fused-ring (bicyclic) bond motifs is 16. The lowest BCUT2D eigenvalue weighted by atomic mass is 9.98. The van der Waals surface area contributed by atoms with Crippen molar-refractivity contribution in [2.24, 2.45) is 0 Å². The van der Waals surface area contributed by atoms with Gasteiger partial charge in [-0.2, -0.15) is 5.26 Å². The van der Waals surface area contributed by atoms with Crippen LogP contribution in [0.15, 0.2) is 273 Å². The van der Waals surface area contributed by atoms with E-state index in [4.69, 9.17) is 9.97 Å². The fourth-order valence-corrected chi connectivity index (χ4v) is 13.9. The van der Waals surface area contributed by atoms with Gasteiger partial charge in [-0.15, -0.1) is 0 Å². The summed E-state index contributed by atoms with van der Waals surface area (Å²) in [4.78, 5) is 11.3. The van der Waals surface area contributed by atoms with Crippen molar-refractivity contribution in [1.82, 2.24) is 28.2 Å². The maximum atomic E-state index is 10.3. The number of hydrogen-bond acceptors (Lipinski definition) is 3. The van der Waals surface area contributed by atoms with Crippen molar-refractivity contribution in [2.45, 2.75) is 0 Å². The van der Waals surface area contributed by atoms with Crippen molar-refractivity contribution < 1.29 is 0 Å². The topological polar surface area (TPSA) is 69.3 Å². The standard InChI is InChI=1S/C77H45N7/c78-46-48-34-37-65(56-20-4-3-18-54(48)56)77-79-75(66-38-33-47-17-1-2-19-55(47)76(66)80-77)49-41-52(83-71-31-15-9-25-61(71)63-39-35-50(44-73(63)83)81-67-27-11-5-21-57(67)58-22-6-12-28-68(58)81)43-53(42-49)84-72-32-16-10-26-62(72)64-40-36-51(45-74(64)84)82-69-29-13-7-23-59(69)60-24-8-14-30-70(60)82/h1-45H. The van der Waals surface area contributed by atoms with E-state index in [1.807, 2.05) is 30.3 Å². The van der Waals surface area contributed by atoms with Crippen molar-refractivity contribution in [1.29, 1.82) is 5.26 Å². The minimum absolute atomic E-state index is 0.585. The molecule has 0 N–H and O–H groups in total. The van der Waals surface area contributed by atoms with Gasteiger partial charge in [-0.25, -0.2) is 9.97 Å². The number of aromatic nitrogens is 6. The Labute approximate surface area is 480 Å². The van der Waals surface area contributed by atoms with Crippen LogP contribution >= 0.6 is 0 Å². The van der Waals surface area contributed by atoms with E-state index in [-0.39, 0.29) is 0 Å². The Kier molecular flexibility index (Phi) is 9.73. The quantitative estimate of drug-likeness (QED) is 0.156. The highest BCUT2D eigenvalue weighted by atomic mass is 15.0. The lowest BCUT2D eigenvalue weighted by molar-refractivity contribution is 1.12. The third-order valence-electron chi connectivity index (χ3n) is 17.6. The molecule has 0 unspecified atom stereocenters. The highest BCUT2D eigenvalue weighted by Gasteiger charge is 2.24. The molecule has 0 fully saturated rings. The molecule has 84 heavy (non-hydrogen) atoms. The van der Waals surface area contributed by atoms with Crippen LogP contribution in [0.3, 0.4) is 0 Å². The van der Waals surface area contributed by atoms with Gasteiger partial charge >= 0.3 is 0 Å². The highest BCUT2D eigenvalue weighted by molar-refractivity contribution is 6.16. The molecule has 18 rings (SSSR count). The van der Waals surface area contributed by atoms with Crippen molar-refractivity contribution in [2.75, 3.05) is 0 Å². The maximum Gasteiger partial charge on any atom is 0.161 e. The van der Waals surface area contributed by atoms with E-state index < -0.39 is 0 Å². The smallest absolute Gasteiger partial charge is 0.161 e. The summed E-state index contributed by atoms with van der Waals surface area (Å²) in [5.74, 6) is 0.585. The first-order valence-corrected chi connectivity index (χ1v) is 28.4. The van der Waals surface area contributed by atoms with Crippen LogP contribution in [0.5, 0.6) is 0 Å². The summed E-state index contributed by atoms with van der Waals surface area (Å²) in [6, 6.07) is 101. The molecular weight excluding hydrogens is 1020 g/mol. The zero-order valence-corrected chi connectivity index (χ0v) is 45.1. The normalized spacial score (nSPS) is 12.0. The van der Waals surface area contributed by atoms with Gasteiger partial charge in [0.15, 0.2) is 5.82 Å². The zero-order chi connectivity index (χ0) is 55.1. The second kappa shape index (κ2) is 17.7. The molecule has 5 heterocycles. The second-order valence-corrected chi connectivity index (χ2v) is 22.0. The van der Waals surface area contributed by atoms with Crippen LogP contribution in [-0.4, -0.2) is 28.2 Å². The first-order valence-electron chi connectivity index (χ1n) is 28.4. The molecule has 0 amide bonds. The summed E-state index contributed by atoms with van der Waals surface area (Å²) < 4.78 is 9.74. The van der Waals surface area contributed by atoms with Crippen molar-refractivity contribution >= 4 is 120 Å². The first-order chi connectivity index (χ1) is 41.6. The minimum atomic E-state index is 0.585. The van der Waals surface area contributed by atoms with Crippen LogP contribution in [0.2, 0.25) is 0 Å². The Balaban J connectivity index is 0.970. The molecule has 388 valence electrons. The van der Waals surface area contributed by atoms with Crippen LogP contribution < -0.4 is 0 Å².